The van der Waals surface area contributed by atoms with Gasteiger partial charge in [0.15, 0.2) is 5.43 Å². The van der Waals surface area contributed by atoms with E-state index in [2.05, 4.69) is 5.32 Å². The zero-order chi connectivity index (χ0) is 16.5. The first-order valence-corrected chi connectivity index (χ1v) is 7.80. The molecule has 0 unspecified atom stereocenters. The zero-order valence-corrected chi connectivity index (χ0v) is 13.0. The van der Waals surface area contributed by atoms with Crippen LogP contribution in [0.25, 0.3) is 21.5 Å². The largest absolute Gasteiger partial charge is 0.397 e. The molecule has 0 radical (unpaired) electrons. The minimum Gasteiger partial charge on any atom is -0.397 e. The van der Waals surface area contributed by atoms with Gasteiger partial charge in [-0.2, -0.15) is 0 Å². The van der Waals surface area contributed by atoms with E-state index >= 15 is 0 Å². The van der Waals surface area contributed by atoms with Crippen LogP contribution >= 0.6 is 0 Å². The van der Waals surface area contributed by atoms with Crippen LogP contribution in [0.1, 0.15) is 0 Å². The highest BCUT2D eigenvalue weighted by Crippen LogP contribution is 2.25. The first kappa shape index (κ1) is 14.3. The maximum absolute atomic E-state index is 12.8. The van der Waals surface area contributed by atoms with E-state index in [9.17, 15) is 4.79 Å². The molecule has 4 aromatic carbocycles. The highest BCUT2D eigenvalue weighted by atomic mass is 16.1. The van der Waals surface area contributed by atoms with Crippen LogP contribution in [-0.2, 0) is 0 Å². The predicted molar refractivity (Wildman–Crippen MR) is 102 cm³/mol. The number of rotatable bonds is 2. The number of fused-ring (bicyclic) bond motifs is 2. The summed E-state index contributed by atoms with van der Waals surface area (Å²) in [5.74, 6) is 0. The molecular formula is C21H16N2O. The summed E-state index contributed by atoms with van der Waals surface area (Å²) < 4.78 is 0. The Morgan fingerprint density at radius 1 is 0.708 bits per heavy atom. The number of hydrogen-bond acceptors (Lipinski definition) is 3. The normalized spacial score (nSPS) is 10.8. The second-order valence-corrected chi connectivity index (χ2v) is 5.76. The molecule has 4 rings (SSSR count). The lowest BCUT2D eigenvalue weighted by molar-refractivity contribution is 1.56. The Balaban J connectivity index is 1.89. The zero-order valence-electron chi connectivity index (χ0n) is 13.0. The van der Waals surface area contributed by atoms with Crippen molar-refractivity contribution >= 4 is 38.6 Å². The highest BCUT2D eigenvalue weighted by Gasteiger charge is 2.04. The standard InChI is InChI=1S/C21H16N2O/c22-19-7-3-4-8-20(19)23-16-11-12-18-15(13-16)10-9-14-5-1-2-6-17(14)21(18)24/h1-13,23H,22H2. The van der Waals surface area contributed by atoms with Crippen LogP contribution in [0, 0.1) is 0 Å². The molecule has 0 saturated carbocycles. The summed E-state index contributed by atoms with van der Waals surface area (Å²) >= 11 is 0. The van der Waals surface area contributed by atoms with Crippen molar-refractivity contribution in [1.29, 1.82) is 0 Å². The fourth-order valence-electron chi connectivity index (χ4n) is 2.93. The van der Waals surface area contributed by atoms with Crippen LogP contribution < -0.4 is 16.5 Å². The summed E-state index contributed by atoms with van der Waals surface area (Å²) in [5, 5.41) is 6.60. The first-order chi connectivity index (χ1) is 11.7. The van der Waals surface area contributed by atoms with Crippen molar-refractivity contribution in [2.45, 2.75) is 0 Å². The average Bonchev–Trinajstić information content (AvgIpc) is 2.75. The second kappa shape index (κ2) is 5.70. The molecule has 0 spiro atoms. The minimum absolute atomic E-state index is 0.0522. The molecule has 0 heterocycles. The van der Waals surface area contributed by atoms with Gasteiger partial charge in [0.05, 0.1) is 11.4 Å². The third-order valence-electron chi connectivity index (χ3n) is 4.18. The van der Waals surface area contributed by atoms with Crippen molar-refractivity contribution in [2.75, 3.05) is 11.1 Å². The average molecular weight is 312 g/mol. The molecule has 0 bridgehead atoms. The quantitative estimate of drug-likeness (QED) is 0.528. The molecule has 0 fully saturated rings. The third kappa shape index (κ3) is 2.46. The SMILES string of the molecule is Nc1ccccc1Nc1ccc2c(=O)c3ccccc3ccc2c1. The molecule has 0 aromatic heterocycles. The van der Waals surface area contributed by atoms with Gasteiger partial charge in [0.1, 0.15) is 0 Å². The molecule has 4 aromatic rings. The first-order valence-electron chi connectivity index (χ1n) is 7.80. The Hall–Kier alpha value is -3.33. The van der Waals surface area contributed by atoms with Crippen LogP contribution in [0.15, 0.2) is 83.7 Å². The van der Waals surface area contributed by atoms with Crippen LogP contribution in [-0.4, -0.2) is 0 Å². The van der Waals surface area contributed by atoms with E-state index in [0.29, 0.717) is 11.1 Å². The maximum atomic E-state index is 12.8. The monoisotopic (exact) mass is 312 g/mol. The maximum Gasteiger partial charge on any atom is 0.194 e. The van der Waals surface area contributed by atoms with E-state index in [1.54, 1.807) is 0 Å². The van der Waals surface area contributed by atoms with Crippen molar-refractivity contribution in [3.63, 3.8) is 0 Å². The molecule has 0 amide bonds. The van der Waals surface area contributed by atoms with Crippen LogP contribution in [0.5, 0.6) is 0 Å². The molecule has 0 saturated heterocycles. The van der Waals surface area contributed by atoms with Gasteiger partial charge in [-0.15, -0.1) is 0 Å². The fourth-order valence-corrected chi connectivity index (χ4v) is 2.93. The Morgan fingerprint density at radius 2 is 1.42 bits per heavy atom. The van der Waals surface area contributed by atoms with Gasteiger partial charge in [-0.1, -0.05) is 48.5 Å². The fraction of sp³-hybridized carbons (Fsp3) is 0. The number of nitrogens with one attached hydrogen (secondary N) is 1. The second-order valence-electron chi connectivity index (χ2n) is 5.76. The van der Waals surface area contributed by atoms with Gasteiger partial charge >= 0.3 is 0 Å². The van der Waals surface area contributed by atoms with Crippen molar-refractivity contribution in [1.82, 2.24) is 0 Å². The van der Waals surface area contributed by atoms with E-state index in [1.807, 2.05) is 78.9 Å². The Bertz CT molecular complexity index is 1120. The van der Waals surface area contributed by atoms with E-state index in [0.717, 1.165) is 27.5 Å². The third-order valence-corrected chi connectivity index (χ3v) is 4.18. The lowest BCUT2D eigenvalue weighted by Gasteiger charge is -2.09. The molecule has 3 N–H and O–H groups in total. The highest BCUT2D eigenvalue weighted by molar-refractivity contribution is 5.94. The molecule has 3 heteroatoms. The topological polar surface area (TPSA) is 55.1 Å². The van der Waals surface area contributed by atoms with Crippen molar-refractivity contribution in [3.05, 3.63) is 89.1 Å². The predicted octanol–water partition coefficient (Wildman–Crippen LogP) is 4.68. The van der Waals surface area contributed by atoms with E-state index in [1.165, 1.54) is 0 Å². The lowest BCUT2D eigenvalue weighted by atomic mass is 10.1. The van der Waals surface area contributed by atoms with Crippen molar-refractivity contribution in [3.8, 4) is 0 Å². The molecule has 24 heavy (non-hydrogen) atoms. The van der Waals surface area contributed by atoms with Gasteiger partial charge in [0.2, 0.25) is 0 Å². The molecule has 0 aliphatic rings. The summed E-state index contributed by atoms with van der Waals surface area (Å²) in [7, 11) is 0. The van der Waals surface area contributed by atoms with Crippen molar-refractivity contribution < 1.29 is 0 Å². The molecule has 0 aliphatic carbocycles. The smallest absolute Gasteiger partial charge is 0.194 e. The Kier molecular flexibility index (Phi) is 3.39. The number of nitrogen functional groups attached to an aromatic ring is 1. The number of benzene rings is 3. The number of para-hydroxylation sites is 2. The van der Waals surface area contributed by atoms with Gasteiger partial charge in [0.25, 0.3) is 0 Å². The van der Waals surface area contributed by atoms with Crippen molar-refractivity contribution in [2.24, 2.45) is 0 Å². The summed E-state index contributed by atoms with van der Waals surface area (Å²) in [6.07, 6.45) is 0. The summed E-state index contributed by atoms with van der Waals surface area (Å²) in [5.41, 5.74) is 8.47. The van der Waals surface area contributed by atoms with E-state index < -0.39 is 0 Å². The number of anilines is 3. The van der Waals surface area contributed by atoms with Crippen LogP contribution in [0.4, 0.5) is 17.1 Å². The van der Waals surface area contributed by atoms with E-state index in [-0.39, 0.29) is 5.43 Å². The molecule has 116 valence electrons. The minimum atomic E-state index is 0.0522. The molecule has 0 atom stereocenters. The lowest BCUT2D eigenvalue weighted by Crippen LogP contribution is -1.99. The number of nitrogens with two attached hydrogens (primary N) is 1. The van der Waals surface area contributed by atoms with Gasteiger partial charge in [0, 0.05) is 16.5 Å². The number of hydrogen-bond donors (Lipinski definition) is 2. The van der Waals surface area contributed by atoms with Gasteiger partial charge in [-0.05, 0) is 41.1 Å². The van der Waals surface area contributed by atoms with Crippen LogP contribution in [0.3, 0.4) is 0 Å². The summed E-state index contributed by atoms with van der Waals surface area (Å²) in [6.45, 7) is 0. The Labute approximate surface area is 139 Å². The van der Waals surface area contributed by atoms with Crippen LogP contribution in [0.2, 0.25) is 0 Å². The van der Waals surface area contributed by atoms with Gasteiger partial charge in [-0.3, -0.25) is 4.79 Å². The van der Waals surface area contributed by atoms with Gasteiger partial charge < -0.3 is 11.1 Å². The van der Waals surface area contributed by atoms with E-state index in [4.69, 9.17) is 5.73 Å². The molecule has 3 nitrogen and oxygen atoms in total. The summed E-state index contributed by atoms with van der Waals surface area (Å²) in [4.78, 5) is 12.8. The Morgan fingerprint density at radius 3 is 2.29 bits per heavy atom. The summed E-state index contributed by atoms with van der Waals surface area (Å²) in [6, 6.07) is 25.0. The van der Waals surface area contributed by atoms with Gasteiger partial charge in [-0.25, -0.2) is 0 Å². The molecule has 0 aliphatic heterocycles. The molecular weight excluding hydrogens is 296 g/mol.